The van der Waals surface area contributed by atoms with Gasteiger partial charge in [0.1, 0.15) is 11.2 Å². The van der Waals surface area contributed by atoms with Crippen molar-refractivity contribution in [2.75, 3.05) is 0 Å². The Balaban J connectivity index is 1.71. The average molecular weight is 558 g/mol. The Morgan fingerprint density at radius 3 is 2.44 bits per heavy atom. The monoisotopic (exact) mass is 557 g/mol. The van der Waals surface area contributed by atoms with Crippen LogP contribution in [0.4, 0.5) is 0 Å². The minimum Gasteiger partial charge on any atom is -0.455 e. The van der Waals surface area contributed by atoms with Crippen LogP contribution in [0.1, 0.15) is 44.3 Å². The number of nitriles is 1. The summed E-state index contributed by atoms with van der Waals surface area (Å²) in [5.41, 5.74) is 3.43. The van der Waals surface area contributed by atoms with Gasteiger partial charge in [0.25, 0.3) is 0 Å². The van der Waals surface area contributed by atoms with E-state index in [-0.39, 0.29) is 11.1 Å². The standard InChI is InChI=1S/C37H36N2OSi/c1-23-22-39-31(19-28(23)20-37(2,3)4)29-16-17-32(41(5,6)7)34-30-15-14-27(21-38)33(36(30)40-35(29)34)26-13-12-24-10-8-9-11-25(24)18-26/h8-19,22H,20H2,1-7H3/i1D3,20D2. The van der Waals surface area contributed by atoms with Crippen LogP contribution < -0.4 is 5.19 Å². The highest BCUT2D eigenvalue weighted by Gasteiger charge is 2.27. The molecule has 4 aromatic carbocycles. The SMILES string of the molecule is [2H]C([2H])([2H])c1cnc(-c2ccc([Si](C)(C)C)c3c2oc2c(-c4ccc5ccccc5c4)c(C#N)ccc23)cc1C([2H])([2H])C(C)(C)C. The van der Waals surface area contributed by atoms with E-state index in [9.17, 15) is 5.26 Å². The van der Waals surface area contributed by atoms with Gasteiger partial charge in [-0.25, -0.2) is 0 Å². The number of aromatic nitrogens is 1. The number of hydrogen-bond donors (Lipinski definition) is 0. The first-order valence-corrected chi connectivity index (χ1v) is 17.4. The molecule has 0 fully saturated rings. The Morgan fingerprint density at radius 2 is 1.73 bits per heavy atom. The van der Waals surface area contributed by atoms with Crippen molar-refractivity contribution in [3.63, 3.8) is 0 Å². The molecule has 204 valence electrons. The molecule has 0 unspecified atom stereocenters. The van der Waals surface area contributed by atoms with Crippen LogP contribution in [0.15, 0.2) is 83.4 Å². The van der Waals surface area contributed by atoms with Crippen molar-refractivity contribution in [3.05, 3.63) is 95.7 Å². The van der Waals surface area contributed by atoms with E-state index < -0.39 is 26.7 Å². The summed E-state index contributed by atoms with van der Waals surface area (Å²) in [5, 5.41) is 15.4. The molecule has 0 bridgehead atoms. The maximum absolute atomic E-state index is 10.2. The van der Waals surface area contributed by atoms with E-state index >= 15 is 0 Å². The Bertz CT molecular complexity index is 2210. The molecule has 2 aromatic heterocycles. The lowest BCUT2D eigenvalue weighted by atomic mass is 9.86. The zero-order chi connectivity index (χ0) is 33.4. The average Bonchev–Trinajstić information content (AvgIpc) is 3.37. The van der Waals surface area contributed by atoms with E-state index in [1.807, 2.05) is 48.5 Å². The normalized spacial score (nSPS) is 14.8. The van der Waals surface area contributed by atoms with Gasteiger partial charge in [0.2, 0.25) is 0 Å². The van der Waals surface area contributed by atoms with Gasteiger partial charge in [0, 0.05) is 34.9 Å². The maximum atomic E-state index is 10.2. The summed E-state index contributed by atoms with van der Waals surface area (Å²) in [6.07, 6.45) is -0.679. The molecule has 2 heterocycles. The molecule has 0 saturated carbocycles. The Labute approximate surface area is 250 Å². The maximum Gasteiger partial charge on any atom is 0.144 e. The molecule has 0 aliphatic heterocycles. The Kier molecular flexibility index (Phi) is 5.10. The van der Waals surface area contributed by atoms with Crippen LogP contribution in [0.25, 0.3) is 55.1 Å². The van der Waals surface area contributed by atoms with Crippen molar-refractivity contribution in [1.29, 1.82) is 5.26 Å². The smallest absolute Gasteiger partial charge is 0.144 e. The molecule has 4 heteroatoms. The number of furan rings is 1. The van der Waals surface area contributed by atoms with Gasteiger partial charge < -0.3 is 4.42 Å². The summed E-state index contributed by atoms with van der Waals surface area (Å²) < 4.78 is 49.4. The summed E-state index contributed by atoms with van der Waals surface area (Å²) in [6, 6.07) is 26.0. The van der Waals surface area contributed by atoms with Crippen molar-refractivity contribution < 1.29 is 11.3 Å². The van der Waals surface area contributed by atoms with Crippen LogP contribution in [0.2, 0.25) is 19.6 Å². The minimum atomic E-state index is -2.54. The van der Waals surface area contributed by atoms with Crippen LogP contribution in [0.5, 0.6) is 0 Å². The molecular weight excluding hydrogens is 517 g/mol. The van der Waals surface area contributed by atoms with Gasteiger partial charge in [0.05, 0.1) is 25.4 Å². The van der Waals surface area contributed by atoms with Crippen LogP contribution in [0.3, 0.4) is 0 Å². The number of pyridine rings is 1. The second-order valence-electron chi connectivity index (χ2n) is 12.7. The highest BCUT2D eigenvalue weighted by molar-refractivity contribution is 6.90. The van der Waals surface area contributed by atoms with E-state index in [4.69, 9.17) is 11.3 Å². The van der Waals surface area contributed by atoms with Crippen molar-refractivity contribution in [1.82, 2.24) is 4.98 Å². The number of benzene rings is 4. The summed E-state index contributed by atoms with van der Waals surface area (Å²) in [6.45, 7) is 9.56. The van der Waals surface area contributed by atoms with E-state index in [1.54, 1.807) is 26.8 Å². The number of rotatable bonds is 4. The molecule has 0 atom stereocenters. The summed E-state index contributed by atoms with van der Waals surface area (Å²) in [4.78, 5) is 4.60. The summed E-state index contributed by atoms with van der Waals surface area (Å²) in [7, 11) is -1.94. The van der Waals surface area contributed by atoms with E-state index in [2.05, 4.69) is 48.9 Å². The van der Waals surface area contributed by atoms with E-state index in [1.165, 1.54) is 11.4 Å². The molecule has 0 radical (unpaired) electrons. The zero-order valence-corrected chi connectivity index (χ0v) is 25.3. The molecule has 0 aliphatic rings. The lowest BCUT2D eigenvalue weighted by Gasteiger charge is -2.21. The Hall–Kier alpha value is -4.20. The fraction of sp³-hybridized carbons (Fsp3) is 0.243. The molecule has 0 saturated heterocycles. The number of nitrogens with zero attached hydrogens (tertiary/aromatic N) is 2. The van der Waals surface area contributed by atoms with Gasteiger partial charge in [-0.15, -0.1) is 0 Å². The predicted octanol–water partition coefficient (Wildman–Crippen LogP) is 9.78. The number of fused-ring (bicyclic) bond motifs is 4. The second kappa shape index (κ2) is 9.71. The lowest BCUT2D eigenvalue weighted by molar-refractivity contribution is 0.410. The lowest BCUT2D eigenvalue weighted by Crippen LogP contribution is -2.37. The van der Waals surface area contributed by atoms with E-state index in [0.29, 0.717) is 33.6 Å². The van der Waals surface area contributed by atoms with Crippen molar-refractivity contribution in [2.24, 2.45) is 5.41 Å². The third kappa shape index (κ3) is 4.85. The van der Waals surface area contributed by atoms with Crippen molar-refractivity contribution in [3.8, 4) is 28.5 Å². The van der Waals surface area contributed by atoms with Crippen LogP contribution in [0, 0.1) is 23.6 Å². The number of aryl methyl sites for hydroxylation is 1. The second-order valence-corrected chi connectivity index (χ2v) is 17.8. The first kappa shape index (κ1) is 21.5. The molecule has 0 spiro atoms. The minimum absolute atomic E-state index is 0.0900. The molecule has 3 nitrogen and oxygen atoms in total. The molecule has 0 aliphatic carbocycles. The first-order chi connectivity index (χ1) is 21.4. The highest BCUT2D eigenvalue weighted by Crippen LogP contribution is 2.42. The van der Waals surface area contributed by atoms with Gasteiger partial charge in [-0.3, -0.25) is 4.98 Å². The largest absolute Gasteiger partial charge is 0.455 e. The molecule has 41 heavy (non-hydrogen) atoms. The van der Waals surface area contributed by atoms with Crippen LogP contribution in [-0.4, -0.2) is 13.1 Å². The highest BCUT2D eigenvalue weighted by atomic mass is 28.3. The molecular formula is C37H36N2OSi. The Morgan fingerprint density at radius 1 is 0.951 bits per heavy atom. The topological polar surface area (TPSA) is 49.8 Å². The molecule has 6 rings (SSSR count). The third-order valence-corrected chi connectivity index (χ3v) is 9.48. The summed E-state index contributed by atoms with van der Waals surface area (Å²) in [5.74, 6) is 0. The van der Waals surface area contributed by atoms with Crippen LogP contribution >= 0.6 is 0 Å². The van der Waals surface area contributed by atoms with Gasteiger partial charge in [-0.1, -0.05) is 82.9 Å². The zero-order valence-electron chi connectivity index (χ0n) is 29.3. The molecule has 0 N–H and O–H groups in total. The number of hydrogen-bond acceptors (Lipinski definition) is 3. The fourth-order valence-corrected chi connectivity index (χ4v) is 7.19. The van der Waals surface area contributed by atoms with Crippen molar-refractivity contribution >= 4 is 46.0 Å². The van der Waals surface area contributed by atoms with Gasteiger partial charge in [-0.05, 0) is 81.6 Å². The quantitative estimate of drug-likeness (QED) is 0.203. The van der Waals surface area contributed by atoms with Crippen molar-refractivity contribution in [2.45, 2.75) is 53.6 Å². The van der Waals surface area contributed by atoms with Gasteiger partial charge >= 0.3 is 0 Å². The van der Waals surface area contributed by atoms with Gasteiger partial charge in [-0.2, -0.15) is 5.26 Å². The third-order valence-electron chi connectivity index (χ3n) is 7.45. The van der Waals surface area contributed by atoms with E-state index in [0.717, 1.165) is 27.1 Å². The summed E-state index contributed by atoms with van der Waals surface area (Å²) >= 11 is 0. The molecule has 0 amide bonds. The first-order valence-electron chi connectivity index (χ1n) is 16.4. The predicted molar refractivity (Wildman–Crippen MR) is 175 cm³/mol. The molecule has 6 aromatic rings. The van der Waals surface area contributed by atoms with Gasteiger partial charge in [0.15, 0.2) is 0 Å². The fourth-order valence-electron chi connectivity index (χ4n) is 5.61. The van der Waals surface area contributed by atoms with Crippen LogP contribution in [-0.2, 0) is 6.37 Å².